The van der Waals surface area contributed by atoms with E-state index < -0.39 is 23.5 Å². The van der Waals surface area contributed by atoms with Crippen LogP contribution in [0.4, 0.5) is 26.3 Å². The molecule has 2 aromatic carbocycles. The maximum absolute atomic E-state index is 13.6. The highest BCUT2D eigenvalue weighted by molar-refractivity contribution is 8.18. The fourth-order valence-electron chi connectivity index (χ4n) is 4.63. The number of amidine groups is 1. The Bertz CT molecular complexity index is 1490. The number of ether oxygens (including phenoxy) is 1. The van der Waals surface area contributed by atoms with E-state index in [9.17, 15) is 31.1 Å². The number of amides is 1. The van der Waals surface area contributed by atoms with E-state index >= 15 is 0 Å². The van der Waals surface area contributed by atoms with Crippen molar-refractivity contribution < 1.29 is 35.9 Å². The number of methoxy groups -OCH3 is 1. The number of hydrogen-bond acceptors (Lipinski definition) is 6. The van der Waals surface area contributed by atoms with Crippen LogP contribution < -0.4 is 5.32 Å². The summed E-state index contributed by atoms with van der Waals surface area (Å²) in [6.45, 7) is 2.25. The van der Waals surface area contributed by atoms with Crippen LogP contribution in [0.25, 0.3) is 17.0 Å². The number of fused-ring (bicyclic) bond motifs is 1. The second-order valence-corrected chi connectivity index (χ2v) is 10.4. The molecule has 5 rings (SSSR count). The van der Waals surface area contributed by atoms with Gasteiger partial charge in [-0.1, -0.05) is 12.1 Å². The predicted octanol–water partition coefficient (Wildman–Crippen LogP) is 5.01. The van der Waals surface area contributed by atoms with Gasteiger partial charge in [0.15, 0.2) is 5.17 Å². The minimum Gasteiger partial charge on any atom is -0.383 e. The van der Waals surface area contributed by atoms with Gasteiger partial charge in [-0.25, -0.2) is 0 Å². The zero-order valence-electron chi connectivity index (χ0n) is 21.0. The summed E-state index contributed by atoms with van der Waals surface area (Å²) in [5.41, 5.74) is -1.91. The molecule has 14 heteroatoms. The number of carbonyl (C=O) groups excluding carboxylic acids is 1. The van der Waals surface area contributed by atoms with Gasteiger partial charge in [-0.05, 0) is 53.2 Å². The first-order valence-corrected chi connectivity index (χ1v) is 13.0. The van der Waals surface area contributed by atoms with Crippen LogP contribution in [0.15, 0.2) is 52.5 Å². The second-order valence-electron chi connectivity index (χ2n) is 9.35. The summed E-state index contributed by atoms with van der Waals surface area (Å²) in [5.74, 6) is -0.361. The molecule has 1 aromatic heterocycles. The van der Waals surface area contributed by atoms with Crippen molar-refractivity contribution in [3.63, 3.8) is 0 Å². The zero-order chi connectivity index (χ0) is 28.7. The van der Waals surface area contributed by atoms with Crippen LogP contribution in [0.5, 0.6) is 0 Å². The van der Waals surface area contributed by atoms with E-state index in [4.69, 9.17) is 4.74 Å². The van der Waals surface area contributed by atoms with Crippen LogP contribution in [0, 0.1) is 0 Å². The maximum Gasteiger partial charge on any atom is 0.416 e. The molecule has 7 nitrogen and oxygen atoms in total. The first kappa shape index (κ1) is 28.2. The van der Waals surface area contributed by atoms with Crippen LogP contribution in [0.1, 0.15) is 22.3 Å². The lowest BCUT2D eigenvalue weighted by Crippen LogP contribution is -2.53. The van der Waals surface area contributed by atoms with Crippen LogP contribution >= 0.6 is 11.8 Å². The molecule has 0 spiro atoms. The van der Waals surface area contributed by atoms with E-state index in [-0.39, 0.29) is 30.1 Å². The Labute approximate surface area is 228 Å². The largest absolute Gasteiger partial charge is 0.416 e. The average Bonchev–Trinajstić information content (AvgIpc) is 3.46. The molecule has 1 N–H and O–H groups in total. The predicted molar refractivity (Wildman–Crippen MR) is 139 cm³/mol. The van der Waals surface area contributed by atoms with Crippen molar-refractivity contribution in [2.24, 2.45) is 4.99 Å². The summed E-state index contributed by atoms with van der Waals surface area (Å²) in [6.07, 6.45) is -6.73. The van der Waals surface area contributed by atoms with Gasteiger partial charge in [0.05, 0.1) is 40.9 Å². The molecular weight excluding hydrogens is 560 g/mol. The Morgan fingerprint density at radius 3 is 2.65 bits per heavy atom. The molecular formula is C26H23F6N5O2S. The SMILES string of the molecule is COC[C@@H]1CN(C2=NC(=O)/C(=C/c3ccc4c(cnn4Cc4ccc(C(F)(F)F)cc4C(F)(F)F)c3)S2)CCN1. The monoisotopic (exact) mass is 583 g/mol. The smallest absolute Gasteiger partial charge is 0.383 e. The number of nitrogens with zero attached hydrogens (tertiary/aromatic N) is 4. The zero-order valence-corrected chi connectivity index (χ0v) is 21.8. The lowest BCUT2D eigenvalue weighted by molar-refractivity contribution is -0.143. The molecule has 3 heterocycles. The second kappa shape index (κ2) is 10.9. The van der Waals surface area contributed by atoms with Gasteiger partial charge in [-0.3, -0.25) is 9.48 Å². The Morgan fingerprint density at radius 2 is 1.93 bits per heavy atom. The third kappa shape index (κ3) is 6.03. The molecule has 0 unspecified atom stereocenters. The summed E-state index contributed by atoms with van der Waals surface area (Å²) in [4.78, 5) is 19.3. The quantitative estimate of drug-likeness (QED) is 0.337. The van der Waals surface area contributed by atoms with E-state index in [2.05, 4.69) is 15.4 Å². The van der Waals surface area contributed by atoms with Crippen molar-refractivity contribution in [2.45, 2.75) is 24.9 Å². The van der Waals surface area contributed by atoms with Crippen molar-refractivity contribution in [1.29, 1.82) is 0 Å². The molecule has 1 fully saturated rings. The van der Waals surface area contributed by atoms with E-state index in [1.54, 1.807) is 31.4 Å². The van der Waals surface area contributed by atoms with Gasteiger partial charge in [-0.2, -0.15) is 36.4 Å². The molecule has 40 heavy (non-hydrogen) atoms. The first-order valence-electron chi connectivity index (χ1n) is 12.1. The summed E-state index contributed by atoms with van der Waals surface area (Å²) >= 11 is 1.27. The van der Waals surface area contributed by atoms with E-state index in [1.807, 2.05) is 4.90 Å². The number of rotatable bonds is 5. The number of benzene rings is 2. The number of alkyl halides is 6. The van der Waals surface area contributed by atoms with Crippen LogP contribution in [-0.4, -0.2) is 65.1 Å². The number of nitrogens with one attached hydrogen (secondary N) is 1. The molecule has 0 aliphatic carbocycles. The van der Waals surface area contributed by atoms with Gasteiger partial charge in [0.25, 0.3) is 5.91 Å². The number of thioether (sulfide) groups is 1. The van der Waals surface area contributed by atoms with E-state index in [0.717, 1.165) is 12.6 Å². The fraction of sp³-hybridized carbons (Fsp3) is 0.346. The molecule has 212 valence electrons. The Balaban J connectivity index is 1.35. The van der Waals surface area contributed by atoms with Crippen LogP contribution in [-0.2, 0) is 28.4 Å². The number of aliphatic imine (C=N–C) groups is 1. The lowest BCUT2D eigenvalue weighted by atomic mass is 10.0. The van der Waals surface area contributed by atoms with Crippen LogP contribution in [0.2, 0.25) is 0 Å². The van der Waals surface area contributed by atoms with Crippen molar-refractivity contribution in [2.75, 3.05) is 33.4 Å². The highest BCUT2D eigenvalue weighted by atomic mass is 32.2. The molecule has 2 aliphatic heterocycles. The molecule has 0 bridgehead atoms. The topological polar surface area (TPSA) is 71.8 Å². The van der Waals surface area contributed by atoms with Gasteiger partial charge in [0.1, 0.15) is 0 Å². The van der Waals surface area contributed by atoms with E-state index in [1.165, 1.54) is 22.6 Å². The summed E-state index contributed by atoms with van der Waals surface area (Å²) < 4.78 is 86.3. The Hall–Kier alpha value is -3.36. The standard InChI is InChI=1S/C26H23F6N5O2S/c1-39-14-19-13-36(7-6-33-19)24-35-23(38)22(40-24)9-15-2-5-21-17(8-15)11-34-37(21)12-16-3-4-18(25(27,28)29)10-20(16)26(30,31)32/h2-5,8-11,19,33H,6-7,12-14H2,1H3/b22-9-/t19-/m0/s1. The number of aromatic nitrogens is 2. The minimum atomic E-state index is -4.97. The molecule has 1 saturated heterocycles. The van der Waals surface area contributed by atoms with Gasteiger partial charge in [0.2, 0.25) is 0 Å². The van der Waals surface area contributed by atoms with Gasteiger partial charge in [-0.15, -0.1) is 0 Å². The lowest BCUT2D eigenvalue weighted by Gasteiger charge is -2.34. The van der Waals surface area contributed by atoms with Crippen molar-refractivity contribution >= 4 is 39.8 Å². The van der Waals surface area contributed by atoms with Crippen molar-refractivity contribution in [3.8, 4) is 0 Å². The highest BCUT2D eigenvalue weighted by Gasteiger charge is 2.38. The minimum absolute atomic E-state index is 0.121. The summed E-state index contributed by atoms with van der Waals surface area (Å²) in [7, 11) is 1.63. The molecule has 1 amide bonds. The van der Waals surface area contributed by atoms with Gasteiger partial charge >= 0.3 is 12.4 Å². The van der Waals surface area contributed by atoms with Crippen LogP contribution in [0.3, 0.4) is 0 Å². The Kier molecular flexibility index (Phi) is 7.68. The van der Waals surface area contributed by atoms with E-state index in [0.29, 0.717) is 52.3 Å². The Morgan fingerprint density at radius 1 is 1.12 bits per heavy atom. The normalized spacial score (nSPS) is 19.6. The maximum atomic E-state index is 13.6. The molecule has 1 atom stereocenters. The third-order valence-corrected chi connectivity index (χ3v) is 7.57. The molecule has 0 saturated carbocycles. The summed E-state index contributed by atoms with van der Waals surface area (Å²) in [6, 6.07) is 6.77. The molecule has 2 aliphatic rings. The first-order chi connectivity index (χ1) is 18.9. The number of hydrogen-bond donors (Lipinski definition) is 1. The fourth-order valence-corrected chi connectivity index (χ4v) is 5.58. The summed E-state index contributed by atoms with van der Waals surface area (Å²) in [5, 5.41) is 8.72. The average molecular weight is 584 g/mol. The number of piperazine rings is 1. The number of carbonyl (C=O) groups is 1. The van der Waals surface area contributed by atoms with Crippen molar-refractivity contribution in [3.05, 3.63) is 69.8 Å². The van der Waals surface area contributed by atoms with Crippen molar-refractivity contribution in [1.82, 2.24) is 20.0 Å². The highest BCUT2D eigenvalue weighted by Crippen LogP contribution is 2.38. The third-order valence-electron chi connectivity index (χ3n) is 6.53. The van der Waals surface area contributed by atoms with Gasteiger partial charge < -0.3 is 15.0 Å². The number of halogens is 6. The molecule has 0 radical (unpaired) electrons. The molecule has 3 aromatic rings. The van der Waals surface area contributed by atoms with Gasteiger partial charge in [0, 0.05) is 38.2 Å².